The van der Waals surface area contributed by atoms with Crippen LogP contribution in [0.3, 0.4) is 0 Å². The molecule has 0 atom stereocenters. The van der Waals surface area contributed by atoms with E-state index >= 15 is 0 Å². The third-order valence-corrected chi connectivity index (χ3v) is 3.01. The molecule has 1 aromatic heterocycles. The Morgan fingerprint density at radius 2 is 1.90 bits per heavy atom. The maximum absolute atomic E-state index is 5.32. The third-order valence-electron chi connectivity index (χ3n) is 3.01. The molecule has 5 nitrogen and oxygen atoms in total. The number of aromatic nitrogens is 3. The highest BCUT2D eigenvalue weighted by atomic mass is 16.5. The number of ether oxygens (including phenoxy) is 1. The van der Waals surface area contributed by atoms with Gasteiger partial charge >= 0.3 is 0 Å². The maximum Gasteiger partial charge on any atom is 0.0852 e. The zero-order chi connectivity index (χ0) is 16.3. The minimum atomic E-state index is 0.205. The number of hydrogen-bond acceptors (Lipinski definition) is 4. The van der Waals surface area contributed by atoms with E-state index in [1.54, 1.807) is 0 Å². The molecule has 0 amide bonds. The van der Waals surface area contributed by atoms with E-state index in [4.69, 9.17) is 4.74 Å². The summed E-state index contributed by atoms with van der Waals surface area (Å²) >= 11 is 0. The summed E-state index contributed by atoms with van der Waals surface area (Å²) < 4.78 is 7.26. The largest absolute Gasteiger partial charge is 0.380 e. The minimum Gasteiger partial charge on any atom is -0.380 e. The Kier molecular flexibility index (Phi) is 10.3. The normalized spacial score (nSPS) is 15.4. The first-order valence-corrected chi connectivity index (χ1v) is 8.19. The van der Waals surface area contributed by atoms with Crippen LogP contribution in [0.5, 0.6) is 0 Å². The summed E-state index contributed by atoms with van der Waals surface area (Å²) in [6.45, 7) is 16.0. The van der Waals surface area contributed by atoms with E-state index in [9.17, 15) is 0 Å². The average molecular weight is 298 g/mol. The number of nitrogens with zero attached hydrogens (tertiary/aromatic N) is 3. The lowest BCUT2D eigenvalue weighted by Gasteiger charge is -2.41. The average Bonchev–Trinajstić information content (AvgIpc) is 2.88. The summed E-state index contributed by atoms with van der Waals surface area (Å²) in [5, 5.41) is 11.6. The van der Waals surface area contributed by atoms with Crippen LogP contribution in [0.1, 0.15) is 59.6 Å². The van der Waals surface area contributed by atoms with Gasteiger partial charge in [-0.25, -0.2) is 0 Å². The molecule has 2 rings (SSSR count). The summed E-state index contributed by atoms with van der Waals surface area (Å²) in [4.78, 5) is 0. The van der Waals surface area contributed by atoms with Crippen molar-refractivity contribution in [3.05, 3.63) is 11.9 Å². The van der Waals surface area contributed by atoms with Crippen LogP contribution in [0, 0.1) is 5.41 Å². The van der Waals surface area contributed by atoms with Gasteiger partial charge < -0.3 is 10.1 Å². The zero-order valence-corrected chi connectivity index (χ0v) is 14.9. The molecule has 0 aromatic carbocycles. The SMILES string of the molecule is CC.CCC.CNCC1(Cn2cc(C(C)C)nn2)COC1. The lowest BCUT2D eigenvalue weighted by molar-refractivity contribution is -0.120. The second-order valence-corrected chi connectivity index (χ2v) is 5.73. The quantitative estimate of drug-likeness (QED) is 0.907. The second kappa shape index (κ2) is 10.7. The molecule has 124 valence electrons. The van der Waals surface area contributed by atoms with Crippen LogP contribution in [0.2, 0.25) is 0 Å². The van der Waals surface area contributed by atoms with Gasteiger partial charge in [0, 0.05) is 18.2 Å². The summed E-state index contributed by atoms with van der Waals surface area (Å²) in [5.74, 6) is 0.437. The molecule has 0 saturated carbocycles. The minimum absolute atomic E-state index is 0.205. The molecule has 0 unspecified atom stereocenters. The fourth-order valence-corrected chi connectivity index (χ4v) is 2.01. The predicted molar refractivity (Wildman–Crippen MR) is 88.6 cm³/mol. The Labute approximate surface area is 130 Å². The van der Waals surface area contributed by atoms with Gasteiger partial charge in [0.05, 0.1) is 25.5 Å². The summed E-state index contributed by atoms with van der Waals surface area (Å²) in [6.07, 6.45) is 3.29. The Bertz CT molecular complexity index is 359. The monoisotopic (exact) mass is 298 g/mol. The van der Waals surface area contributed by atoms with E-state index in [0.717, 1.165) is 32.0 Å². The number of nitrogens with one attached hydrogen (secondary N) is 1. The highest BCUT2D eigenvalue weighted by molar-refractivity contribution is 4.99. The van der Waals surface area contributed by atoms with Crippen molar-refractivity contribution >= 4 is 0 Å². The van der Waals surface area contributed by atoms with Crippen LogP contribution in [-0.2, 0) is 11.3 Å². The van der Waals surface area contributed by atoms with Crippen molar-refractivity contribution < 1.29 is 4.74 Å². The predicted octanol–water partition coefficient (Wildman–Crippen LogP) is 3.08. The van der Waals surface area contributed by atoms with E-state index in [1.807, 2.05) is 31.8 Å². The van der Waals surface area contributed by atoms with Crippen molar-refractivity contribution in [1.82, 2.24) is 20.3 Å². The highest BCUT2D eigenvalue weighted by Gasteiger charge is 2.38. The molecule has 1 aliphatic heterocycles. The lowest BCUT2D eigenvalue weighted by Crippen LogP contribution is -2.51. The van der Waals surface area contributed by atoms with E-state index in [0.29, 0.717) is 5.92 Å². The topological polar surface area (TPSA) is 52.0 Å². The fourth-order valence-electron chi connectivity index (χ4n) is 2.01. The van der Waals surface area contributed by atoms with Crippen molar-refractivity contribution in [3.8, 4) is 0 Å². The van der Waals surface area contributed by atoms with Crippen molar-refractivity contribution in [2.24, 2.45) is 5.41 Å². The van der Waals surface area contributed by atoms with Gasteiger partial charge in [0.2, 0.25) is 0 Å². The first-order valence-electron chi connectivity index (χ1n) is 8.19. The van der Waals surface area contributed by atoms with Crippen molar-refractivity contribution in [2.75, 3.05) is 26.8 Å². The molecule has 1 aromatic rings. The summed E-state index contributed by atoms with van der Waals surface area (Å²) in [5.41, 5.74) is 1.26. The zero-order valence-electron chi connectivity index (χ0n) is 14.9. The van der Waals surface area contributed by atoms with Gasteiger partial charge in [0.1, 0.15) is 0 Å². The molecule has 5 heteroatoms. The Morgan fingerprint density at radius 1 is 1.33 bits per heavy atom. The molecule has 1 saturated heterocycles. The van der Waals surface area contributed by atoms with Gasteiger partial charge in [-0.2, -0.15) is 0 Å². The van der Waals surface area contributed by atoms with Crippen LogP contribution >= 0.6 is 0 Å². The number of hydrogen-bond donors (Lipinski definition) is 1. The smallest absolute Gasteiger partial charge is 0.0852 e. The molecular weight excluding hydrogens is 264 g/mol. The Balaban J connectivity index is 0.000000713. The van der Waals surface area contributed by atoms with Gasteiger partial charge in [-0.15, -0.1) is 5.10 Å². The summed E-state index contributed by atoms with van der Waals surface area (Å²) in [7, 11) is 1.97. The number of rotatable bonds is 5. The Morgan fingerprint density at radius 3 is 2.24 bits per heavy atom. The van der Waals surface area contributed by atoms with Gasteiger partial charge in [0.25, 0.3) is 0 Å². The van der Waals surface area contributed by atoms with Crippen molar-refractivity contribution in [2.45, 2.75) is 60.4 Å². The molecule has 1 N–H and O–H groups in total. The van der Waals surface area contributed by atoms with Crippen LogP contribution in [-0.4, -0.2) is 41.8 Å². The van der Waals surface area contributed by atoms with Gasteiger partial charge in [-0.1, -0.05) is 53.2 Å². The third kappa shape index (κ3) is 6.57. The summed E-state index contributed by atoms with van der Waals surface area (Å²) in [6, 6.07) is 0. The van der Waals surface area contributed by atoms with E-state index in [1.165, 1.54) is 6.42 Å². The second-order valence-electron chi connectivity index (χ2n) is 5.73. The molecule has 21 heavy (non-hydrogen) atoms. The van der Waals surface area contributed by atoms with Crippen LogP contribution < -0.4 is 5.32 Å². The maximum atomic E-state index is 5.32. The fraction of sp³-hybridized carbons (Fsp3) is 0.875. The molecule has 0 aliphatic carbocycles. The van der Waals surface area contributed by atoms with Gasteiger partial charge in [-0.05, 0) is 13.0 Å². The molecule has 0 spiro atoms. The standard InChI is InChI=1S/C11H20N4O.C3H8.C2H6/c1-9(2)10-4-15(14-13-10)6-11(5-12-3)7-16-8-11;1-3-2;1-2/h4,9,12H,5-8H2,1-3H3;3H2,1-2H3;1-2H3. The molecular formula is C16H34N4O. The first kappa shape index (κ1) is 20.1. The van der Waals surface area contributed by atoms with Crippen LogP contribution in [0.4, 0.5) is 0 Å². The molecule has 0 bridgehead atoms. The molecule has 1 aliphatic rings. The molecule has 0 radical (unpaired) electrons. The van der Waals surface area contributed by atoms with E-state index in [2.05, 4.69) is 43.3 Å². The van der Waals surface area contributed by atoms with Gasteiger partial charge in [0.15, 0.2) is 0 Å². The lowest BCUT2D eigenvalue weighted by atomic mass is 9.86. The first-order chi connectivity index (χ1) is 10.1. The van der Waals surface area contributed by atoms with Gasteiger partial charge in [-0.3, -0.25) is 4.68 Å². The molecule has 2 heterocycles. The van der Waals surface area contributed by atoms with Crippen molar-refractivity contribution in [3.63, 3.8) is 0 Å². The molecule has 1 fully saturated rings. The Hall–Kier alpha value is -0.940. The van der Waals surface area contributed by atoms with Crippen LogP contribution in [0.15, 0.2) is 6.20 Å². The van der Waals surface area contributed by atoms with E-state index < -0.39 is 0 Å². The van der Waals surface area contributed by atoms with E-state index in [-0.39, 0.29) is 5.41 Å². The van der Waals surface area contributed by atoms with Crippen molar-refractivity contribution in [1.29, 1.82) is 0 Å². The highest BCUT2D eigenvalue weighted by Crippen LogP contribution is 2.28. The van der Waals surface area contributed by atoms with Crippen LogP contribution in [0.25, 0.3) is 0 Å².